The molecule has 0 aliphatic rings. The standard InChI is InChI=1S/C19H24FN/c1-3-4-13-19(16-9-6-5-7-10-16)21-15(2)17-11-8-12-18(20)14-17/h5-12,14-15,19,21H,3-4,13H2,1-2H3/t15-,19?/m1/s1. The zero-order chi connectivity index (χ0) is 15.1. The van der Waals surface area contributed by atoms with E-state index >= 15 is 0 Å². The third-order valence-electron chi connectivity index (χ3n) is 3.85. The highest BCUT2D eigenvalue weighted by Gasteiger charge is 2.15. The van der Waals surface area contributed by atoms with Crippen molar-refractivity contribution >= 4 is 0 Å². The molecule has 1 N–H and O–H groups in total. The topological polar surface area (TPSA) is 12.0 Å². The summed E-state index contributed by atoms with van der Waals surface area (Å²) in [4.78, 5) is 0. The molecule has 2 aromatic carbocycles. The van der Waals surface area contributed by atoms with Gasteiger partial charge in [0.05, 0.1) is 0 Å². The Balaban J connectivity index is 2.11. The van der Waals surface area contributed by atoms with Gasteiger partial charge in [-0.1, -0.05) is 62.2 Å². The van der Waals surface area contributed by atoms with Gasteiger partial charge in [0.1, 0.15) is 5.82 Å². The van der Waals surface area contributed by atoms with Crippen LogP contribution < -0.4 is 5.32 Å². The van der Waals surface area contributed by atoms with Crippen molar-refractivity contribution in [3.63, 3.8) is 0 Å². The van der Waals surface area contributed by atoms with Gasteiger partial charge in [0.2, 0.25) is 0 Å². The number of hydrogen-bond acceptors (Lipinski definition) is 1. The average Bonchev–Trinajstić information content (AvgIpc) is 2.52. The summed E-state index contributed by atoms with van der Waals surface area (Å²) in [5, 5.41) is 3.64. The highest BCUT2D eigenvalue weighted by molar-refractivity contribution is 5.22. The van der Waals surface area contributed by atoms with Crippen LogP contribution in [0.5, 0.6) is 0 Å². The Bertz CT molecular complexity index is 538. The Hall–Kier alpha value is -1.67. The van der Waals surface area contributed by atoms with Crippen molar-refractivity contribution in [2.45, 2.75) is 45.2 Å². The summed E-state index contributed by atoms with van der Waals surface area (Å²) in [6, 6.07) is 17.8. The minimum atomic E-state index is -0.175. The second-order valence-corrected chi connectivity index (χ2v) is 5.55. The fourth-order valence-electron chi connectivity index (χ4n) is 2.61. The van der Waals surface area contributed by atoms with E-state index in [0.717, 1.165) is 12.0 Å². The van der Waals surface area contributed by atoms with Crippen molar-refractivity contribution in [3.8, 4) is 0 Å². The molecule has 2 atom stereocenters. The molecule has 0 saturated carbocycles. The molecule has 0 heterocycles. The second kappa shape index (κ2) is 7.94. The first-order valence-electron chi connectivity index (χ1n) is 7.77. The van der Waals surface area contributed by atoms with Gasteiger partial charge in [-0.25, -0.2) is 4.39 Å². The summed E-state index contributed by atoms with van der Waals surface area (Å²) >= 11 is 0. The summed E-state index contributed by atoms with van der Waals surface area (Å²) in [5.74, 6) is -0.175. The van der Waals surface area contributed by atoms with Gasteiger partial charge >= 0.3 is 0 Å². The minimum absolute atomic E-state index is 0.128. The largest absolute Gasteiger partial charge is 0.303 e. The van der Waals surface area contributed by atoms with E-state index < -0.39 is 0 Å². The van der Waals surface area contributed by atoms with Crippen LogP contribution in [-0.4, -0.2) is 0 Å². The van der Waals surface area contributed by atoms with Crippen molar-refractivity contribution in [2.75, 3.05) is 0 Å². The Morgan fingerprint density at radius 2 is 1.71 bits per heavy atom. The van der Waals surface area contributed by atoms with Gasteiger partial charge in [0.25, 0.3) is 0 Å². The third-order valence-corrected chi connectivity index (χ3v) is 3.85. The van der Waals surface area contributed by atoms with Crippen LogP contribution in [0.2, 0.25) is 0 Å². The van der Waals surface area contributed by atoms with Crippen LogP contribution in [0.4, 0.5) is 4.39 Å². The maximum absolute atomic E-state index is 13.4. The molecule has 0 saturated heterocycles. The van der Waals surface area contributed by atoms with Crippen molar-refractivity contribution in [1.29, 1.82) is 0 Å². The average molecular weight is 285 g/mol. The number of benzene rings is 2. The number of nitrogens with one attached hydrogen (secondary N) is 1. The molecule has 0 amide bonds. The summed E-state index contributed by atoms with van der Waals surface area (Å²) < 4.78 is 13.4. The van der Waals surface area contributed by atoms with Crippen molar-refractivity contribution < 1.29 is 4.39 Å². The molecule has 0 aliphatic heterocycles. The fraction of sp³-hybridized carbons (Fsp3) is 0.368. The van der Waals surface area contributed by atoms with Crippen LogP contribution in [-0.2, 0) is 0 Å². The van der Waals surface area contributed by atoms with Gasteiger partial charge < -0.3 is 5.32 Å². The molecule has 2 heteroatoms. The molecule has 0 bridgehead atoms. The molecule has 0 aromatic heterocycles. The van der Waals surface area contributed by atoms with Crippen LogP contribution in [0, 0.1) is 5.82 Å². The molecular weight excluding hydrogens is 261 g/mol. The van der Waals surface area contributed by atoms with Crippen molar-refractivity contribution in [3.05, 3.63) is 71.5 Å². The number of unbranched alkanes of at least 4 members (excludes halogenated alkanes) is 1. The van der Waals surface area contributed by atoms with E-state index in [2.05, 4.69) is 43.4 Å². The molecule has 1 unspecified atom stereocenters. The highest BCUT2D eigenvalue weighted by Crippen LogP contribution is 2.24. The maximum atomic E-state index is 13.4. The molecule has 1 nitrogen and oxygen atoms in total. The SMILES string of the molecule is CCCCC(N[C@H](C)c1cccc(F)c1)c1ccccc1. The molecule has 0 fully saturated rings. The van der Waals surface area contributed by atoms with E-state index in [1.807, 2.05) is 12.1 Å². The van der Waals surface area contributed by atoms with E-state index in [4.69, 9.17) is 0 Å². The first-order valence-corrected chi connectivity index (χ1v) is 7.77. The molecular formula is C19H24FN. The van der Waals surface area contributed by atoms with Crippen LogP contribution in [0.25, 0.3) is 0 Å². The summed E-state index contributed by atoms with van der Waals surface area (Å²) in [6.07, 6.45) is 3.46. The van der Waals surface area contributed by atoms with E-state index in [1.165, 1.54) is 24.5 Å². The highest BCUT2D eigenvalue weighted by atomic mass is 19.1. The summed E-state index contributed by atoms with van der Waals surface area (Å²) in [5.41, 5.74) is 2.29. The maximum Gasteiger partial charge on any atom is 0.123 e. The quantitative estimate of drug-likeness (QED) is 0.717. The minimum Gasteiger partial charge on any atom is -0.303 e. The summed E-state index contributed by atoms with van der Waals surface area (Å²) in [7, 11) is 0. The number of hydrogen-bond donors (Lipinski definition) is 1. The monoisotopic (exact) mass is 285 g/mol. The van der Waals surface area contributed by atoms with Gasteiger partial charge in [-0.2, -0.15) is 0 Å². The van der Waals surface area contributed by atoms with Crippen molar-refractivity contribution in [2.24, 2.45) is 0 Å². The number of rotatable bonds is 7. The lowest BCUT2D eigenvalue weighted by Crippen LogP contribution is -2.24. The van der Waals surface area contributed by atoms with Crippen LogP contribution in [0.3, 0.4) is 0 Å². The Morgan fingerprint density at radius 1 is 1.00 bits per heavy atom. The molecule has 21 heavy (non-hydrogen) atoms. The normalized spacial score (nSPS) is 13.9. The van der Waals surface area contributed by atoms with Gasteiger partial charge in [0, 0.05) is 12.1 Å². The van der Waals surface area contributed by atoms with E-state index in [0.29, 0.717) is 6.04 Å². The van der Waals surface area contributed by atoms with E-state index in [1.54, 1.807) is 12.1 Å². The van der Waals surface area contributed by atoms with Gasteiger partial charge in [-0.05, 0) is 36.6 Å². The van der Waals surface area contributed by atoms with Crippen LogP contribution >= 0.6 is 0 Å². The lowest BCUT2D eigenvalue weighted by molar-refractivity contribution is 0.430. The molecule has 2 rings (SSSR count). The fourth-order valence-corrected chi connectivity index (χ4v) is 2.61. The molecule has 112 valence electrons. The van der Waals surface area contributed by atoms with Gasteiger partial charge in [-0.15, -0.1) is 0 Å². The predicted octanol–water partition coefficient (Wildman–Crippen LogP) is 5.41. The Kier molecular flexibility index (Phi) is 5.94. The van der Waals surface area contributed by atoms with Gasteiger partial charge in [0.15, 0.2) is 0 Å². The zero-order valence-electron chi connectivity index (χ0n) is 12.9. The number of halogens is 1. The van der Waals surface area contributed by atoms with Crippen molar-refractivity contribution in [1.82, 2.24) is 5.32 Å². The molecule has 0 aliphatic carbocycles. The lowest BCUT2D eigenvalue weighted by Gasteiger charge is -2.24. The smallest absolute Gasteiger partial charge is 0.123 e. The molecule has 0 radical (unpaired) electrons. The van der Waals surface area contributed by atoms with Crippen LogP contribution in [0.15, 0.2) is 54.6 Å². The van der Waals surface area contributed by atoms with Gasteiger partial charge in [-0.3, -0.25) is 0 Å². The van der Waals surface area contributed by atoms with Crippen LogP contribution in [0.1, 0.15) is 56.3 Å². The van der Waals surface area contributed by atoms with E-state index in [-0.39, 0.29) is 11.9 Å². The Labute approximate surface area is 127 Å². The first-order chi connectivity index (χ1) is 10.2. The Morgan fingerprint density at radius 3 is 2.38 bits per heavy atom. The first kappa shape index (κ1) is 15.7. The predicted molar refractivity (Wildman–Crippen MR) is 86.7 cm³/mol. The van der Waals surface area contributed by atoms with E-state index in [9.17, 15) is 4.39 Å². The second-order valence-electron chi connectivity index (χ2n) is 5.55. The summed E-state index contributed by atoms with van der Waals surface area (Å²) in [6.45, 7) is 4.30. The molecule has 2 aromatic rings. The zero-order valence-corrected chi connectivity index (χ0v) is 12.9. The molecule has 0 spiro atoms. The lowest BCUT2D eigenvalue weighted by atomic mass is 9.98. The third kappa shape index (κ3) is 4.68.